The second-order valence-corrected chi connectivity index (χ2v) is 3.98. The topological polar surface area (TPSA) is 77.5 Å². The second kappa shape index (κ2) is 9.88. The van der Waals surface area contributed by atoms with Crippen molar-refractivity contribution in [3.8, 4) is 0 Å². The third-order valence-corrected chi connectivity index (χ3v) is 2.82. The molecule has 109 valence electrons. The predicted octanol–water partition coefficient (Wildman–Crippen LogP) is 4.57. The minimum Gasteiger partial charge on any atom is -0.679 e. The molecule has 0 saturated carbocycles. The summed E-state index contributed by atoms with van der Waals surface area (Å²) in [6, 6.07) is 8.49. The quantitative estimate of drug-likeness (QED) is 0.505. The van der Waals surface area contributed by atoms with Gasteiger partial charge in [0.2, 0.25) is 0 Å². The fourth-order valence-electron chi connectivity index (χ4n) is 2.06. The Bertz CT molecular complexity index is 484. The molecule has 0 unspecified atom stereocenters. The van der Waals surface area contributed by atoms with Crippen LogP contribution in [0, 0.1) is 0 Å². The van der Waals surface area contributed by atoms with E-state index >= 15 is 0 Å². The van der Waals surface area contributed by atoms with Crippen LogP contribution in [0.5, 0.6) is 0 Å². The maximum atomic E-state index is 6.26. The molecule has 1 aliphatic rings. The first-order valence-electron chi connectivity index (χ1n) is 5.99. The molecular weight excluding hydrogens is 534 g/mol. The second-order valence-electron chi connectivity index (χ2n) is 3.98. The monoisotopic (exact) mass is 551 g/mol. The summed E-state index contributed by atoms with van der Waals surface area (Å²) in [6.07, 6.45) is 1.10. The van der Waals surface area contributed by atoms with Crippen LogP contribution < -0.4 is 0 Å². The van der Waals surface area contributed by atoms with E-state index in [4.69, 9.17) is 11.5 Å². The van der Waals surface area contributed by atoms with Crippen LogP contribution in [-0.4, -0.2) is 24.6 Å². The molecule has 2 heterocycles. The van der Waals surface area contributed by atoms with Crippen LogP contribution in [0.25, 0.3) is 27.7 Å². The molecule has 1 aromatic carbocycles. The molecule has 3 rings (SSSR count). The van der Waals surface area contributed by atoms with Crippen molar-refractivity contribution < 1.29 is 16.1 Å². The number of fused-ring (bicyclic) bond motifs is 3. The fraction of sp³-hybridized carbons (Fsp3) is 0.385. The summed E-state index contributed by atoms with van der Waals surface area (Å²) in [4.78, 5) is 3.42. The van der Waals surface area contributed by atoms with Crippen LogP contribution >= 0.6 is 19.4 Å². The van der Waals surface area contributed by atoms with Gasteiger partial charge in [-0.3, -0.25) is 0 Å². The van der Waals surface area contributed by atoms with Gasteiger partial charge in [-0.15, -0.1) is 13.1 Å². The van der Waals surface area contributed by atoms with Crippen molar-refractivity contribution in [3.63, 3.8) is 0 Å². The van der Waals surface area contributed by atoms with E-state index < -0.39 is 0 Å². The Balaban J connectivity index is 0.000000262. The Kier molecular flexibility index (Phi) is 8.90. The molecule has 0 atom stereocenters. The number of nitrogens with one attached hydrogen (secondary N) is 3. The zero-order valence-corrected chi connectivity index (χ0v) is 14.9. The molecular formula is C13H17IN4Pt-3. The Morgan fingerprint density at radius 2 is 1.89 bits per heavy atom. The standard InChI is InChI=1S/C11H11N2.C2H6N2.HI.Pt/c1-2-4-10-8(3-1)9-5-6-12-7-11(9)13-10;3-1-2-4;;/h1-4,13H,5-7H2;3-4H,1-2H2;1H;/q-1;-2;;+1/p-1. The van der Waals surface area contributed by atoms with Gasteiger partial charge in [0.25, 0.3) is 0 Å². The van der Waals surface area contributed by atoms with Crippen LogP contribution in [0.1, 0.15) is 11.3 Å². The number of para-hydroxylation sites is 1. The third kappa shape index (κ3) is 4.83. The van der Waals surface area contributed by atoms with Crippen molar-refractivity contribution in [1.29, 1.82) is 0 Å². The number of aromatic nitrogens is 1. The fourth-order valence-corrected chi connectivity index (χ4v) is 2.06. The van der Waals surface area contributed by atoms with Gasteiger partial charge in [-0.2, -0.15) is 13.1 Å². The van der Waals surface area contributed by atoms with Gasteiger partial charge in [-0.05, 0) is 23.7 Å². The van der Waals surface area contributed by atoms with E-state index in [1.54, 1.807) is 0 Å². The number of aromatic amines is 1. The van der Waals surface area contributed by atoms with Gasteiger partial charge < -0.3 is 21.8 Å². The molecule has 3 N–H and O–H groups in total. The Morgan fingerprint density at radius 1 is 1.21 bits per heavy atom. The summed E-state index contributed by atoms with van der Waals surface area (Å²) in [6.45, 7) is 2.32. The van der Waals surface area contributed by atoms with Crippen molar-refractivity contribution in [2.75, 3.05) is 19.6 Å². The minimum absolute atomic E-state index is 0.236. The maximum absolute atomic E-state index is 6.26. The smallest absolute Gasteiger partial charge is 0.0458 e. The zero-order chi connectivity index (χ0) is 14.1. The van der Waals surface area contributed by atoms with Gasteiger partial charge in [0.1, 0.15) is 0 Å². The average Bonchev–Trinajstić information content (AvgIpc) is 2.88. The maximum Gasteiger partial charge on any atom is 0.0458 e. The van der Waals surface area contributed by atoms with Crippen LogP contribution in [-0.2, 0) is 29.1 Å². The van der Waals surface area contributed by atoms with Crippen molar-refractivity contribution in [1.82, 2.24) is 4.98 Å². The zero-order valence-electron chi connectivity index (χ0n) is 10.5. The number of nitrogens with zero attached hydrogens (tertiary/aromatic N) is 1. The van der Waals surface area contributed by atoms with Gasteiger partial charge >= 0.3 is 35.5 Å². The molecule has 2 aromatic rings. The average molecular weight is 551 g/mol. The third-order valence-electron chi connectivity index (χ3n) is 2.82. The van der Waals surface area contributed by atoms with Crippen molar-refractivity contribution in [2.45, 2.75) is 13.0 Å². The predicted molar refractivity (Wildman–Crippen MR) is 86.3 cm³/mol. The number of H-pyrrole nitrogens is 1. The molecule has 0 amide bonds. The summed E-state index contributed by atoms with van der Waals surface area (Å²) in [7, 11) is 0. The molecule has 0 aliphatic carbocycles. The summed E-state index contributed by atoms with van der Waals surface area (Å²) in [5, 5.41) is 5.76. The molecule has 0 saturated heterocycles. The van der Waals surface area contributed by atoms with E-state index in [9.17, 15) is 0 Å². The van der Waals surface area contributed by atoms with Crippen LogP contribution in [0.15, 0.2) is 24.3 Å². The molecule has 0 bridgehead atoms. The largest absolute Gasteiger partial charge is 0.679 e. The Morgan fingerprint density at radius 3 is 2.58 bits per heavy atom. The van der Waals surface area contributed by atoms with Gasteiger partial charge in [0.15, 0.2) is 0 Å². The number of halogens is 1. The SMILES string of the molecule is [I][Pt].[NH-]CC[NH-].c1ccc2c3c([nH]c2c1)C[N-]CC3. The summed E-state index contributed by atoms with van der Waals surface area (Å²) in [5.41, 5.74) is 16.6. The van der Waals surface area contributed by atoms with Gasteiger partial charge in [-0.25, -0.2) is 0 Å². The summed E-state index contributed by atoms with van der Waals surface area (Å²) in [5.74, 6) is 0. The molecule has 0 spiro atoms. The minimum atomic E-state index is 0.236. The number of benzene rings is 1. The first-order chi connectivity index (χ1) is 9.36. The molecule has 19 heavy (non-hydrogen) atoms. The normalized spacial score (nSPS) is 12.9. The van der Waals surface area contributed by atoms with E-state index in [2.05, 4.69) is 70.1 Å². The first kappa shape index (κ1) is 17.1. The van der Waals surface area contributed by atoms with Crippen molar-refractivity contribution in [3.05, 3.63) is 52.3 Å². The number of rotatable bonds is 1. The molecule has 1 aliphatic heterocycles. The molecule has 0 radical (unpaired) electrons. The Hall–Kier alpha value is 0.0583. The van der Waals surface area contributed by atoms with Crippen LogP contribution in [0.3, 0.4) is 0 Å². The van der Waals surface area contributed by atoms with Gasteiger partial charge in [0, 0.05) is 10.9 Å². The van der Waals surface area contributed by atoms with Crippen LogP contribution in [0.2, 0.25) is 0 Å². The van der Waals surface area contributed by atoms with E-state index in [-0.39, 0.29) is 13.1 Å². The summed E-state index contributed by atoms with van der Waals surface area (Å²) >= 11 is 4.23. The first-order valence-corrected chi connectivity index (χ1v) is 12.4. The molecule has 1 aromatic heterocycles. The Labute approximate surface area is 135 Å². The summed E-state index contributed by atoms with van der Waals surface area (Å²) < 4.78 is 0. The van der Waals surface area contributed by atoms with Crippen molar-refractivity contribution in [2.24, 2.45) is 0 Å². The van der Waals surface area contributed by atoms with E-state index in [0.29, 0.717) is 0 Å². The van der Waals surface area contributed by atoms with Gasteiger partial charge in [-0.1, -0.05) is 18.2 Å². The molecule has 0 fully saturated rings. The number of hydrogen-bond acceptors (Lipinski definition) is 0. The van der Waals surface area contributed by atoms with E-state index in [0.717, 1.165) is 19.5 Å². The van der Waals surface area contributed by atoms with Gasteiger partial charge in [0.05, 0.1) is 0 Å². The number of hydrogen-bond donors (Lipinski definition) is 1. The van der Waals surface area contributed by atoms with E-state index in [1.807, 2.05) is 0 Å². The van der Waals surface area contributed by atoms with Crippen LogP contribution in [0.4, 0.5) is 0 Å². The molecule has 4 nitrogen and oxygen atoms in total. The molecule has 6 heteroatoms. The van der Waals surface area contributed by atoms with E-state index in [1.165, 1.54) is 22.2 Å². The van der Waals surface area contributed by atoms with Crippen molar-refractivity contribution >= 4 is 30.3 Å².